The molecule has 0 aromatic carbocycles. The molecule has 12 heavy (non-hydrogen) atoms. The minimum absolute atomic E-state index is 0.252. The van der Waals surface area contributed by atoms with Gasteiger partial charge in [-0.1, -0.05) is 0 Å². The van der Waals surface area contributed by atoms with Crippen LogP contribution in [0.5, 0.6) is 0 Å². The molecule has 0 fully saturated rings. The summed E-state index contributed by atoms with van der Waals surface area (Å²) in [6.45, 7) is 0.0333. The summed E-state index contributed by atoms with van der Waals surface area (Å²) >= 11 is 0. The molecule has 0 spiro atoms. The number of hydrogen-bond acceptors (Lipinski definition) is 5. The van der Waals surface area contributed by atoms with E-state index < -0.39 is 6.10 Å². The third-order valence-corrected chi connectivity index (χ3v) is 1.31. The summed E-state index contributed by atoms with van der Waals surface area (Å²) in [5.74, 6) is 0.637. The van der Waals surface area contributed by atoms with Crippen molar-refractivity contribution >= 4 is 5.82 Å². The summed E-state index contributed by atoms with van der Waals surface area (Å²) in [6.07, 6.45) is 2.26. The third kappa shape index (κ3) is 2.81. The number of aliphatic hydroxyl groups excluding tert-OH is 2. The molecule has 1 aromatic heterocycles. The highest BCUT2D eigenvalue weighted by Gasteiger charge is 2.00. The van der Waals surface area contributed by atoms with Crippen LogP contribution in [0.15, 0.2) is 18.6 Å². The predicted octanol–water partition coefficient (Wildman–Crippen LogP) is -0.758. The van der Waals surface area contributed by atoms with Crippen molar-refractivity contribution in [2.75, 3.05) is 18.5 Å². The van der Waals surface area contributed by atoms with E-state index in [1.807, 2.05) is 0 Å². The first-order chi connectivity index (χ1) is 5.83. The molecular formula is C7H11N3O2. The molecule has 0 aliphatic carbocycles. The van der Waals surface area contributed by atoms with Crippen LogP contribution in [0.3, 0.4) is 0 Å². The molecule has 0 aliphatic rings. The molecule has 1 rings (SSSR count). The zero-order valence-corrected chi connectivity index (χ0v) is 6.51. The van der Waals surface area contributed by atoms with E-state index in [4.69, 9.17) is 10.2 Å². The largest absolute Gasteiger partial charge is 0.394 e. The van der Waals surface area contributed by atoms with Gasteiger partial charge in [0.05, 0.1) is 12.7 Å². The second-order valence-corrected chi connectivity index (χ2v) is 2.31. The minimum atomic E-state index is -0.750. The Morgan fingerprint density at radius 2 is 2.42 bits per heavy atom. The van der Waals surface area contributed by atoms with E-state index in [0.717, 1.165) is 0 Å². The molecule has 66 valence electrons. The number of nitrogens with zero attached hydrogens (tertiary/aromatic N) is 2. The minimum Gasteiger partial charge on any atom is -0.394 e. The zero-order valence-electron chi connectivity index (χ0n) is 6.51. The van der Waals surface area contributed by atoms with E-state index in [2.05, 4.69) is 15.3 Å². The van der Waals surface area contributed by atoms with Crippen molar-refractivity contribution in [3.63, 3.8) is 0 Å². The van der Waals surface area contributed by atoms with Crippen molar-refractivity contribution in [2.45, 2.75) is 6.10 Å². The summed E-state index contributed by atoms with van der Waals surface area (Å²) in [7, 11) is 0. The van der Waals surface area contributed by atoms with Crippen molar-refractivity contribution in [3.05, 3.63) is 18.6 Å². The molecule has 1 heterocycles. The van der Waals surface area contributed by atoms with E-state index in [1.54, 1.807) is 12.3 Å². The monoisotopic (exact) mass is 169 g/mol. The molecular weight excluding hydrogens is 158 g/mol. The standard InChI is InChI=1S/C7H11N3O2/c11-4-6(12)3-9-7-1-2-8-5-10-7/h1-2,5-6,11-12H,3-4H2,(H,8,9,10). The van der Waals surface area contributed by atoms with Crippen molar-refractivity contribution < 1.29 is 10.2 Å². The smallest absolute Gasteiger partial charge is 0.129 e. The summed E-state index contributed by atoms with van der Waals surface area (Å²) in [6, 6.07) is 1.68. The van der Waals surface area contributed by atoms with Crippen LogP contribution in [-0.4, -0.2) is 39.4 Å². The molecule has 5 nitrogen and oxygen atoms in total. The van der Waals surface area contributed by atoms with Gasteiger partial charge in [-0.15, -0.1) is 0 Å². The molecule has 1 atom stereocenters. The molecule has 3 N–H and O–H groups in total. The first-order valence-electron chi connectivity index (χ1n) is 3.61. The first-order valence-corrected chi connectivity index (χ1v) is 3.61. The Balaban J connectivity index is 2.33. The van der Waals surface area contributed by atoms with Gasteiger partial charge in [0.15, 0.2) is 0 Å². The van der Waals surface area contributed by atoms with Gasteiger partial charge in [0, 0.05) is 12.7 Å². The summed E-state index contributed by atoms with van der Waals surface area (Å²) in [4.78, 5) is 7.60. The fraction of sp³-hybridized carbons (Fsp3) is 0.429. The Kier molecular flexibility index (Phi) is 3.43. The Labute approximate surface area is 70.1 Å². The second-order valence-electron chi connectivity index (χ2n) is 2.31. The maximum Gasteiger partial charge on any atom is 0.129 e. The van der Waals surface area contributed by atoms with Crippen LogP contribution < -0.4 is 5.32 Å². The van der Waals surface area contributed by atoms with Gasteiger partial charge < -0.3 is 15.5 Å². The predicted molar refractivity (Wildman–Crippen MR) is 43.6 cm³/mol. The SMILES string of the molecule is OCC(O)CNc1ccncn1. The molecule has 0 saturated carbocycles. The van der Waals surface area contributed by atoms with Crippen molar-refractivity contribution in [2.24, 2.45) is 0 Å². The second kappa shape index (κ2) is 4.63. The van der Waals surface area contributed by atoms with E-state index in [-0.39, 0.29) is 13.2 Å². The maximum absolute atomic E-state index is 8.96. The Hall–Kier alpha value is -1.20. The number of aliphatic hydroxyl groups is 2. The van der Waals surface area contributed by atoms with Gasteiger partial charge in [-0.25, -0.2) is 9.97 Å². The molecule has 0 radical (unpaired) electrons. The van der Waals surface area contributed by atoms with Crippen LogP contribution in [0.1, 0.15) is 0 Å². The Morgan fingerprint density at radius 3 is 3.00 bits per heavy atom. The van der Waals surface area contributed by atoms with Crippen LogP contribution in [0.4, 0.5) is 5.82 Å². The van der Waals surface area contributed by atoms with Crippen molar-refractivity contribution in [1.82, 2.24) is 9.97 Å². The Morgan fingerprint density at radius 1 is 1.58 bits per heavy atom. The number of aromatic nitrogens is 2. The lowest BCUT2D eigenvalue weighted by molar-refractivity contribution is 0.105. The fourth-order valence-electron chi connectivity index (χ4n) is 0.682. The molecule has 0 amide bonds. The number of hydrogen-bond donors (Lipinski definition) is 3. The van der Waals surface area contributed by atoms with E-state index >= 15 is 0 Å². The fourth-order valence-corrected chi connectivity index (χ4v) is 0.682. The van der Waals surface area contributed by atoms with Gasteiger partial charge in [0.2, 0.25) is 0 Å². The Bertz CT molecular complexity index is 217. The highest BCUT2D eigenvalue weighted by Crippen LogP contribution is 1.97. The summed E-state index contributed by atoms with van der Waals surface area (Å²) < 4.78 is 0. The van der Waals surface area contributed by atoms with Crippen LogP contribution >= 0.6 is 0 Å². The average molecular weight is 169 g/mol. The van der Waals surface area contributed by atoms with Gasteiger partial charge in [-0.05, 0) is 6.07 Å². The summed E-state index contributed by atoms with van der Waals surface area (Å²) in [5, 5.41) is 20.3. The van der Waals surface area contributed by atoms with Crippen LogP contribution in [-0.2, 0) is 0 Å². The first kappa shape index (κ1) is 8.89. The molecule has 5 heteroatoms. The molecule has 1 unspecified atom stereocenters. The number of rotatable bonds is 4. The third-order valence-electron chi connectivity index (χ3n) is 1.31. The quantitative estimate of drug-likeness (QED) is 0.552. The lowest BCUT2D eigenvalue weighted by Gasteiger charge is -2.08. The van der Waals surface area contributed by atoms with Crippen LogP contribution in [0, 0.1) is 0 Å². The zero-order chi connectivity index (χ0) is 8.81. The number of anilines is 1. The normalized spacial score (nSPS) is 12.5. The van der Waals surface area contributed by atoms with Gasteiger partial charge in [-0.3, -0.25) is 0 Å². The molecule has 0 aliphatic heterocycles. The topological polar surface area (TPSA) is 78.3 Å². The molecule has 0 bridgehead atoms. The lowest BCUT2D eigenvalue weighted by atomic mass is 10.4. The van der Waals surface area contributed by atoms with Crippen LogP contribution in [0.2, 0.25) is 0 Å². The van der Waals surface area contributed by atoms with Crippen LogP contribution in [0.25, 0.3) is 0 Å². The molecule has 0 saturated heterocycles. The highest BCUT2D eigenvalue weighted by atomic mass is 16.3. The lowest BCUT2D eigenvalue weighted by Crippen LogP contribution is -2.23. The van der Waals surface area contributed by atoms with Gasteiger partial charge in [-0.2, -0.15) is 0 Å². The van der Waals surface area contributed by atoms with E-state index in [9.17, 15) is 0 Å². The van der Waals surface area contributed by atoms with E-state index in [1.165, 1.54) is 6.33 Å². The van der Waals surface area contributed by atoms with Gasteiger partial charge in [0.1, 0.15) is 12.1 Å². The summed E-state index contributed by atoms with van der Waals surface area (Å²) in [5.41, 5.74) is 0. The van der Waals surface area contributed by atoms with Crippen molar-refractivity contribution in [1.29, 1.82) is 0 Å². The van der Waals surface area contributed by atoms with Gasteiger partial charge in [0.25, 0.3) is 0 Å². The maximum atomic E-state index is 8.96. The molecule has 1 aromatic rings. The van der Waals surface area contributed by atoms with Crippen molar-refractivity contribution in [3.8, 4) is 0 Å². The van der Waals surface area contributed by atoms with Gasteiger partial charge >= 0.3 is 0 Å². The van der Waals surface area contributed by atoms with E-state index in [0.29, 0.717) is 5.82 Å². The average Bonchev–Trinajstić information content (AvgIpc) is 2.16. The highest BCUT2D eigenvalue weighted by molar-refractivity contribution is 5.31. The number of nitrogens with one attached hydrogen (secondary N) is 1.